The lowest BCUT2D eigenvalue weighted by Crippen LogP contribution is -2.14. The van der Waals surface area contributed by atoms with Gasteiger partial charge in [-0.2, -0.15) is 0 Å². The highest BCUT2D eigenvalue weighted by molar-refractivity contribution is 7.09. The van der Waals surface area contributed by atoms with E-state index in [0.717, 1.165) is 16.4 Å². The van der Waals surface area contributed by atoms with Gasteiger partial charge in [0.2, 0.25) is 5.91 Å². The Morgan fingerprint density at radius 2 is 2.13 bits per heavy atom. The maximum Gasteiger partial charge on any atom is 0.330 e. The number of nitrogens with one attached hydrogen (secondary N) is 2. The second-order valence-corrected chi connectivity index (χ2v) is 5.86. The Bertz CT molecular complexity index is 903. The topological polar surface area (TPSA) is 79.8 Å². The third-order valence-electron chi connectivity index (χ3n) is 3.10. The van der Waals surface area contributed by atoms with Gasteiger partial charge in [0.05, 0.1) is 16.4 Å². The third-order valence-corrected chi connectivity index (χ3v) is 3.90. The average molecular weight is 326 g/mol. The zero-order valence-electron chi connectivity index (χ0n) is 12.3. The lowest BCUT2D eigenvalue weighted by Gasteiger charge is -2.04. The minimum Gasteiger partial charge on any atom is -0.323 e. The Hall–Kier alpha value is -2.93. The van der Waals surface area contributed by atoms with Crippen molar-refractivity contribution in [1.82, 2.24) is 14.5 Å². The maximum atomic E-state index is 11.9. The molecule has 0 unspecified atom stereocenters. The van der Waals surface area contributed by atoms with E-state index in [9.17, 15) is 9.59 Å². The molecule has 0 bridgehead atoms. The Morgan fingerprint density at radius 1 is 1.35 bits per heavy atom. The fourth-order valence-corrected chi connectivity index (χ4v) is 2.61. The first-order chi connectivity index (χ1) is 11.1. The first kappa shape index (κ1) is 15.0. The minimum atomic E-state index is -0.234. The summed E-state index contributed by atoms with van der Waals surface area (Å²) in [5.74, 6) is -0.234. The Balaban J connectivity index is 1.66. The number of rotatable bonds is 4. The summed E-state index contributed by atoms with van der Waals surface area (Å²) in [4.78, 5) is 30.2. The zero-order chi connectivity index (χ0) is 16.2. The van der Waals surface area contributed by atoms with Gasteiger partial charge in [-0.1, -0.05) is 0 Å². The van der Waals surface area contributed by atoms with Crippen molar-refractivity contribution in [3.63, 3.8) is 0 Å². The molecule has 2 aromatic heterocycles. The monoisotopic (exact) mass is 326 g/mol. The molecular formula is C16H14N4O2S. The van der Waals surface area contributed by atoms with E-state index in [4.69, 9.17) is 0 Å². The number of hydrogen-bond donors (Lipinski definition) is 2. The number of carbonyl (C=O) groups excluding carboxylic acids is 1. The molecule has 23 heavy (non-hydrogen) atoms. The standard InChI is InChI=1S/C16H14N4O2S/c1-11-18-13(10-23-11)4-7-15(21)19-12-2-5-14(6-3-12)20-9-8-17-16(20)22/h2-10H,1H3,(H,17,22)(H,19,21). The summed E-state index contributed by atoms with van der Waals surface area (Å²) in [5, 5.41) is 5.61. The number of carbonyl (C=O) groups is 1. The molecule has 3 aromatic rings. The summed E-state index contributed by atoms with van der Waals surface area (Å²) >= 11 is 1.54. The van der Waals surface area contributed by atoms with Gasteiger partial charge in [-0.25, -0.2) is 9.78 Å². The summed E-state index contributed by atoms with van der Waals surface area (Å²) in [5.41, 5.74) is 1.94. The van der Waals surface area contributed by atoms with Crippen molar-refractivity contribution >= 4 is 29.0 Å². The van der Waals surface area contributed by atoms with Gasteiger partial charge >= 0.3 is 5.69 Å². The van der Waals surface area contributed by atoms with Gasteiger partial charge in [-0.05, 0) is 37.3 Å². The van der Waals surface area contributed by atoms with Gasteiger partial charge in [0, 0.05) is 29.5 Å². The van der Waals surface area contributed by atoms with Crippen molar-refractivity contribution in [2.45, 2.75) is 6.92 Å². The van der Waals surface area contributed by atoms with Crippen LogP contribution in [-0.2, 0) is 4.79 Å². The van der Waals surface area contributed by atoms with Crippen LogP contribution in [0, 0.1) is 6.92 Å². The van der Waals surface area contributed by atoms with E-state index in [2.05, 4.69) is 15.3 Å². The smallest absolute Gasteiger partial charge is 0.323 e. The molecule has 0 saturated heterocycles. The van der Waals surface area contributed by atoms with Crippen molar-refractivity contribution in [1.29, 1.82) is 0 Å². The average Bonchev–Trinajstić information content (AvgIpc) is 3.14. The number of thiazole rings is 1. The number of nitrogens with zero attached hydrogens (tertiary/aromatic N) is 2. The third kappa shape index (κ3) is 3.64. The van der Waals surface area contributed by atoms with Crippen molar-refractivity contribution in [2.75, 3.05) is 5.32 Å². The molecule has 0 aliphatic rings. The summed E-state index contributed by atoms with van der Waals surface area (Å²) < 4.78 is 1.48. The van der Waals surface area contributed by atoms with Crippen LogP contribution in [0.4, 0.5) is 5.69 Å². The number of aromatic amines is 1. The number of H-pyrrole nitrogens is 1. The molecule has 6 nitrogen and oxygen atoms in total. The second-order valence-electron chi connectivity index (χ2n) is 4.80. The molecule has 1 aromatic carbocycles. The van der Waals surface area contributed by atoms with Gasteiger partial charge in [0.15, 0.2) is 0 Å². The molecule has 0 fully saturated rings. The van der Waals surface area contributed by atoms with Crippen molar-refractivity contribution in [3.8, 4) is 5.69 Å². The van der Waals surface area contributed by atoms with E-state index in [-0.39, 0.29) is 11.6 Å². The molecule has 0 aliphatic heterocycles. The molecule has 7 heteroatoms. The molecule has 0 atom stereocenters. The minimum absolute atomic E-state index is 0.205. The molecule has 0 spiro atoms. The zero-order valence-corrected chi connectivity index (χ0v) is 13.1. The fourth-order valence-electron chi connectivity index (χ4n) is 2.03. The maximum absolute atomic E-state index is 11.9. The van der Waals surface area contributed by atoms with Crippen LogP contribution in [0.25, 0.3) is 11.8 Å². The summed E-state index contributed by atoms with van der Waals surface area (Å²) in [6.07, 6.45) is 6.34. The molecule has 2 heterocycles. The van der Waals surface area contributed by atoms with E-state index in [1.807, 2.05) is 12.3 Å². The molecule has 2 N–H and O–H groups in total. The first-order valence-corrected chi connectivity index (χ1v) is 7.77. The van der Waals surface area contributed by atoms with Crippen LogP contribution in [0.3, 0.4) is 0 Å². The number of aromatic nitrogens is 3. The second kappa shape index (κ2) is 6.45. The largest absolute Gasteiger partial charge is 0.330 e. The van der Waals surface area contributed by atoms with Crippen LogP contribution in [0.2, 0.25) is 0 Å². The fraction of sp³-hybridized carbons (Fsp3) is 0.0625. The van der Waals surface area contributed by atoms with E-state index in [1.54, 1.807) is 42.7 Å². The molecule has 1 amide bonds. The highest BCUT2D eigenvalue weighted by Crippen LogP contribution is 2.13. The lowest BCUT2D eigenvalue weighted by atomic mass is 10.2. The summed E-state index contributed by atoms with van der Waals surface area (Å²) in [6.45, 7) is 1.92. The van der Waals surface area contributed by atoms with E-state index in [0.29, 0.717) is 5.69 Å². The number of anilines is 1. The van der Waals surface area contributed by atoms with Gasteiger partial charge in [-0.3, -0.25) is 9.36 Å². The van der Waals surface area contributed by atoms with Crippen molar-refractivity contribution in [3.05, 3.63) is 69.3 Å². The predicted molar refractivity (Wildman–Crippen MR) is 90.9 cm³/mol. The molecule has 0 aliphatic carbocycles. The van der Waals surface area contributed by atoms with Crippen LogP contribution >= 0.6 is 11.3 Å². The van der Waals surface area contributed by atoms with Gasteiger partial charge in [0.1, 0.15) is 0 Å². The van der Waals surface area contributed by atoms with Crippen molar-refractivity contribution in [2.24, 2.45) is 0 Å². The van der Waals surface area contributed by atoms with Gasteiger partial charge in [-0.15, -0.1) is 11.3 Å². The Labute approximate surface area is 136 Å². The number of aryl methyl sites for hydroxylation is 1. The van der Waals surface area contributed by atoms with Crippen LogP contribution < -0.4 is 11.0 Å². The predicted octanol–water partition coefficient (Wildman–Crippen LogP) is 2.58. The lowest BCUT2D eigenvalue weighted by molar-refractivity contribution is -0.111. The van der Waals surface area contributed by atoms with Gasteiger partial charge in [0.25, 0.3) is 0 Å². The number of imidazole rings is 1. The van der Waals surface area contributed by atoms with E-state index < -0.39 is 0 Å². The number of hydrogen-bond acceptors (Lipinski definition) is 4. The number of benzene rings is 1. The van der Waals surface area contributed by atoms with Crippen LogP contribution in [0.15, 0.2) is 52.9 Å². The Kier molecular flexibility index (Phi) is 4.20. The Morgan fingerprint density at radius 3 is 2.74 bits per heavy atom. The van der Waals surface area contributed by atoms with Crippen LogP contribution in [0.5, 0.6) is 0 Å². The quantitative estimate of drug-likeness (QED) is 0.723. The van der Waals surface area contributed by atoms with Gasteiger partial charge < -0.3 is 10.3 Å². The van der Waals surface area contributed by atoms with Crippen LogP contribution in [-0.4, -0.2) is 20.4 Å². The first-order valence-electron chi connectivity index (χ1n) is 6.89. The normalized spacial score (nSPS) is 11.0. The number of amides is 1. The van der Waals surface area contributed by atoms with Crippen molar-refractivity contribution < 1.29 is 4.79 Å². The summed E-state index contributed by atoms with van der Waals surface area (Å²) in [7, 11) is 0. The van der Waals surface area contributed by atoms with E-state index >= 15 is 0 Å². The molecule has 0 radical (unpaired) electrons. The molecule has 3 rings (SSSR count). The highest BCUT2D eigenvalue weighted by Gasteiger charge is 2.02. The van der Waals surface area contributed by atoms with Crippen LogP contribution in [0.1, 0.15) is 10.7 Å². The highest BCUT2D eigenvalue weighted by atomic mass is 32.1. The van der Waals surface area contributed by atoms with E-state index in [1.165, 1.54) is 22.0 Å². The molecule has 116 valence electrons. The molecule has 0 saturated carbocycles. The SMILES string of the molecule is Cc1nc(C=CC(=O)Nc2ccc(-n3cc[nH]c3=O)cc2)cs1. The summed E-state index contributed by atoms with van der Waals surface area (Å²) in [6, 6.07) is 7.01. The molecular weight excluding hydrogens is 312 g/mol.